The lowest BCUT2D eigenvalue weighted by molar-refractivity contribution is -0.136. The molecule has 0 bridgehead atoms. The van der Waals surface area contributed by atoms with Crippen molar-refractivity contribution >= 4 is 39.9 Å². The minimum Gasteiger partial charge on any atom is -0.341 e. The van der Waals surface area contributed by atoms with Crippen molar-refractivity contribution in [1.82, 2.24) is 50.1 Å². The number of nitrogens with one attached hydrogen (secondary N) is 4. The molecule has 2 atom stereocenters. The van der Waals surface area contributed by atoms with Crippen molar-refractivity contribution in [2.75, 3.05) is 46.3 Å². The van der Waals surface area contributed by atoms with Crippen LogP contribution >= 0.6 is 0 Å². The Balaban J connectivity index is 1.04. The Hall–Kier alpha value is -4.72. The molecule has 7 rings (SSSR count). The Morgan fingerprint density at radius 2 is 1.76 bits per heavy atom. The number of H-pyrrole nitrogens is 2. The van der Waals surface area contributed by atoms with Gasteiger partial charge in [0.2, 0.25) is 11.8 Å². The number of benzene rings is 1. The number of imidazole rings is 1. The molecule has 0 saturated carbocycles. The van der Waals surface area contributed by atoms with Gasteiger partial charge in [0, 0.05) is 63.3 Å². The summed E-state index contributed by atoms with van der Waals surface area (Å²) < 4.78 is 1.75. The van der Waals surface area contributed by atoms with Crippen LogP contribution in [0.15, 0.2) is 41.5 Å². The maximum atomic E-state index is 14.3. The third-order valence-corrected chi connectivity index (χ3v) is 11.1. The molecule has 0 unspecified atom stereocenters. The van der Waals surface area contributed by atoms with Gasteiger partial charge in [0.05, 0.1) is 23.3 Å². The Morgan fingerprint density at radius 3 is 2.49 bits per heavy atom. The second-order valence-corrected chi connectivity index (χ2v) is 14.2. The van der Waals surface area contributed by atoms with E-state index in [1.165, 1.54) is 0 Å². The molecule has 3 aliphatic heterocycles. The molecule has 3 aliphatic rings. The van der Waals surface area contributed by atoms with Crippen LogP contribution in [0.3, 0.4) is 0 Å². The van der Waals surface area contributed by atoms with Gasteiger partial charge in [-0.25, -0.2) is 14.6 Å². The molecule has 49 heavy (non-hydrogen) atoms. The van der Waals surface area contributed by atoms with Crippen LogP contribution in [0.4, 0.5) is 4.79 Å². The number of urea groups is 1. The first kappa shape index (κ1) is 32.8. The zero-order valence-electron chi connectivity index (χ0n) is 28.5. The van der Waals surface area contributed by atoms with Gasteiger partial charge in [0.15, 0.2) is 5.65 Å². The van der Waals surface area contributed by atoms with E-state index in [1.807, 2.05) is 41.8 Å². The van der Waals surface area contributed by atoms with Gasteiger partial charge >= 0.3 is 11.7 Å². The quantitative estimate of drug-likeness (QED) is 0.234. The Morgan fingerprint density at radius 1 is 1.02 bits per heavy atom. The summed E-state index contributed by atoms with van der Waals surface area (Å²) in [5.41, 5.74) is 4.05. The summed E-state index contributed by atoms with van der Waals surface area (Å²) in [7, 11) is 1.80. The zero-order valence-corrected chi connectivity index (χ0v) is 28.5. The fourth-order valence-electron chi connectivity index (χ4n) is 8.11. The molecule has 3 aromatic heterocycles. The van der Waals surface area contributed by atoms with E-state index in [0.717, 1.165) is 46.8 Å². The van der Waals surface area contributed by atoms with Gasteiger partial charge in [0.25, 0.3) is 0 Å². The Kier molecular flexibility index (Phi) is 8.90. The number of fused-ring (bicyclic) bond motifs is 2. The minimum atomic E-state index is -0.746. The van der Waals surface area contributed by atoms with Crippen molar-refractivity contribution in [3.05, 3.63) is 58.3 Å². The van der Waals surface area contributed by atoms with Gasteiger partial charge in [-0.2, -0.15) is 5.10 Å². The molecule has 1 spiro atoms. The lowest BCUT2D eigenvalue weighted by Crippen LogP contribution is -2.54. The van der Waals surface area contributed by atoms with Crippen LogP contribution in [0.25, 0.3) is 22.1 Å². The standard InChI is InChI=1S/C35H46N10O4/c1-22-17-24(18-25-20-38-41-29(22)25)19-27(32(47)44-16-10-35(21-44)8-14-42(15-9-35)31(46)23(2)36-3)39-33(48)43-12-6-26(7-13-43)45-28-5-4-11-37-30(28)40-34(45)49/h4-5,11,17-18,20,23,26-27,36H,6-10,12-16,19,21H2,1-3H3,(H,38,41)(H,39,48)(H,37,40,49)/t23-,27-/m1/s1. The number of carbonyl (C=O) groups is 3. The molecule has 3 saturated heterocycles. The molecule has 4 amide bonds. The van der Waals surface area contributed by atoms with Crippen LogP contribution in [0, 0.1) is 12.3 Å². The molecule has 3 fully saturated rings. The first-order valence-electron chi connectivity index (χ1n) is 17.4. The molecule has 1 aromatic carbocycles. The topological polar surface area (TPSA) is 164 Å². The van der Waals surface area contributed by atoms with E-state index in [0.29, 0.717) is 64.2 Å². The summed E-state index contributed by atoms with van der Waals surface area (Å²) in [5, 5.41) is 14.3. The lowest BCUT2D eigenvalue weighted by atomic mass is 9.77. The highest BCUT2D eigenvalue weighted by atomic mass is 16.2. The van der Waals surface area contributed by atoms with Crippen LogP contribution in [0.1, 0.15) is 56.2 Å². The van der Waals surface area contributed by atoms with Gasteiger partial charge in [0.1, 0.15) is 6.04 Å². The zero-order chi connectivity index (χ0) is 34.3. The van der Waals surface area contributed by atoms with Gasteiger partial charge in [-0.3, -0.25) is 24.2 Å². The van der Waals surface area contributed by atoms with Crippen LogP contribution in [-0.2, 0) is 16.0 Å². The van der Waals surface area contributed by atoms with Crippen molar-refractivity contribution in [3.63, 3.8) is 0 Å². The Bertz CT molecular complexity index is 1910. The molecular formula is C35H46N10O4. The number of hydrogen-bond donors (Lipinski definition) is 4. The highest BCUT2D eigenvalue weighted by Crippen LogP contribution is 2.41. The monoisotopic (exact) mass is 670 g/mol. The minimum absolute atomic E-state index is 0.0198. The van der Waals surface area contributed by atoms with Gasteiger partial charge in [-0.1, -0.05) is 6.07 Å². The van der Waals surface area contributed by atoms with Gasteiger partial charge in [-0.15, -0.1) is 0 Å². The predicted molar refractivity (Wildman–Crippen MR) is 185 cm³/mol. The van der Waals surface area contributed by atoms with E-state index in [4.69, 9.17) is 0 Å². The summed E-state index contributed by atoms with van der Waals surface area (Å²) in [6.45, 7) is 7.45. The molecule has 6 heterocycles. The first-order valence-corrected chi connectivity index (χ1v) is 17.4. The highest BCUT2D eigenvalue weighted by Gasteiger charge is 2.44. The fraction of sp³-hybridized carbons (Fsp3) is 0.543. The number of likely N-dealkylation sites (N-methyl/N-ethyl adjacent to an activating group) is 1. The van der Waals surface area contributed by atoms with Crippen LogP contribution < -0.4 is 16.3 Å². The molecule has 14 nitrogen and oxygen atoms in total. The summed E-state index contributed by atoms with van der Waals surface area (Å²) in [4.78, 5) is 66.4. The average Bonchev–Trinajstić information content (AvgIpc) is 3.84. The number of amides is 4. The fourth-order valence-corrected chi connectivity index (χ4v) is 8.11. The molecule has 0 aliphatic carbocycles. The van der Waals surface area contributed by atoms with Crippen molar-refractivity contribution in [3.8, 4) is 0 Å². The van der Waals surface area contributed by atoms with E-state index in [-0.39, 0.29) is 41.0 Å². The molecule has 0 radical (unpaired) electrons. The summed E-state index contributed by atoms with van der Waals surface area (Å²) in [6, 6.07) is 6.49. The molecule has 4 N–H and O–H groups in total. The number of aromatic amines is 2. The van der Waals surface area contributed by atoms with E-state index in [2.05, 4.69) is 36.9 Å². The molecule has 14 heteroatoms. The number of hydrogen-bond acceptors (Lipinski definition) is 7. The third kappa shape index (κ3) is 6.41. The number of nitrogens with zero attached hydrogens (tertiary/aromatic N) is 6. The summed E-state index contributed by atoms with van der Waals surface area (Å²) in [5.74, 6) is 0.0377. The van der Waals surface area contributed by atoms with Crippen molar-refractivity contribution in [2.45, 2.75) is 70.5 Å². The van der Waals surface area contributed by atoms with E-state index in [1.54, 1.807) is 28.9 Å². The third-order valence-electron chi connectivity index (χ3n) is 11.1. The number of likely N-dealkylation sites (tertiary alicyclic amines) is 3. The number of aromatic nitrogens is 5. The van der Waals surface area contributed by atoms with Gasteiger partial charge < -0.3 is 25.3 Å². The number of piperidine rings is 2. The van der Waals surface area contributed by atoms with Crippen LogP contribution in [0.5, 0.6) is 0 Å². The Labute approximate surface area is 284 Å². The average molecular weight is 671 g/mol. The van der Waals surface area contributed by atoms with Crippen molar-refractivity contribution in [1.29, 1.82) is 0 Å². The lowest BCUT2D eigenvalue weighted by Gasteiger charge is -2.40. The molecule has 260 valence electrons. The SMILES string of the molecule is CN[C@H](C)C(=O)N1CCC2(CC1)CCN(C(=O)[C@@H](Cc1cc(C)c3[nH]ncc3c1)NC(=O)N1CCC(n3c(=O)[nH]c4ncccc43)CC1)C2. The van der Waals surface area contributed by atoms with Crippen LogP contribution in [0.2, 0.25) is 0 Å². The largest absolute Gasteiger partial charge is 0.341 e. The normalized spacial score (nSPS) is 19.5. The number of pyridine rings is 1. The van der Waals surface area contributed by atoms with E-state index < -0.39 is 6.04 Å². The second kappa shape index (κ2) is 13.3. The van der Waals surface area contributed by atoms with Crippen molar-refractivity contribution in [2.24, 2.45) is 5.41 Å². The smallest absolute Gasteiger partial charge is 0.327 e. The first-order chi connectivity index (χ1) is 23.6. The molecular weight excluding hydrogens is 624 g/mol. The van der Waals surface area contributed by atoms with Crippen LogP contribution in [-0.4, -0.2) is 116 Å². The number of aryl methyl sites for hydroxylation is 1. The van der Waals surface area contributed by atoms with E-state index in [9.17, 15) is 19.2 Å². The summed E-state index contributed by atoms with van der Waals surface area (Å²) >= 11 is 0. The number of rotatable bonds is 7. The van der Waals surface area contributed by atoms with Crippen molar-refractivity contribution < 1.29 is 14.4 Å². The van der Waals surface area contributed by atoms with Gasteiger partial charge in [-0.05, 0) is 87.7 Å². The maximum Gasteiger partial charge on any atom is 0.327 e. The highest BCUT2D eigenvalue weighted by molar-refractivity contribution is 5.88. The second-order valence-electron chi connectivity index (χ2n) is 14.2. The predicted octanol–water partition coefficient (Wildman–Crippen LogP) is 2.32. The molecule has 4 aromatic rings. The van der Waals surface area contributed by atoms with E-state index >= 15 is 0 Å². The number of carbonyl (C=O) groups excluding carboxylic acids is 3. The maximum absolute atomic E-state index is 14.3. The summed E-state index contributed by atoms with van der Waals surface area (Å²) in [6.07, 6.45) is 7.62.